The second-order valence-corrected chi connectivity index (χ2v) is 4.92. The number of nitrogens with zero attached hydrogens (tertiary/aromatic N) is 1. The molecule has 1 amide bonds. The highest BCUT2D eigenvalue weighted by Gasteiger charge is 2.14. The Bertz CT molecular complexity index is 681. The highest BCUT2D eigenvalue weighted by Crippen LogP contribution is 2.22. The Kier molecular flexibility index (Phi) is 4.73. The first-order valence-corrected chi connectivity index (χ1v) is 6.79. The number of nitro groups is 1. The van der Waals surface area contributed by atoms with Gasteiger partial charge in [-0.15, -0.1) is 0 Å². The van der Waals surface area contributed by atoms with E-state index in [0.717, 1.165) is 0 Å². The number of anilines is 1. The average molecular weight is 300 g/mol. The van der Waals surface area contributed by atoms with Crippen molar-refractivity contribution in [1.29, 1.82) is 0 Å². The number of hydrogen-bond donors (Lipinski definition) is 1. The molecule has 0 saturated heterocycles. The van der Waals surface area contributed by atoms with Crippen molar-refractivity contribution in [3.8, 4) is 5.75 Å². The van der Waals surface area contributed by atoms with Gasteiger partial charge in [-0.05, 0) is 38.1 Å². The zero-order chi connectivity index (χ0) is 16.1. The molecule has 0 bridgehead atoms. The number of carbonyl (C=O) groups excluding carboxylic acids is 1. The molecule has 0 unspecified atom stereocenters. The molecule has 22 heavy (non-hydrogen) atoms. The van der Waals surface area contributed by atoms with Crippen molar-refractivity contribution >= 4 is 17.3 Å². The van der Waals surface area contributed by atoms with Gasteiger partial charge in [0.25, 0.3) is 11.6 Å². The second-order valence-electron chi connectivity index (χ2n) is 4.92. The molecule has 6 heteroatoms. The molecule has 0 aliphatic heterocycles. The molecule has 2 aromatic rings. The van der Waals surface area contributed by atoms with Gasteiger partial charge in [-0.1, -0.05) is 12.1 Å². The van der Waals surface area contributed by atoms with Gasteiger partial charge < -0.3 is 10.1 Å². The number of para-hydroxylation sites is 1. The van der Waals surface area contributed by atoms with Gasteiger partial charge in [0, 0.05) is 17.8 Å². The lowest BCUT2D eigenvalue weighted by Gasteiger charge is -2.14. The molecule has 0 aliphatic rings. The minimum Gasteiger partial charge on any atom is -0.490 e. The Morgan fingerprint density at radius 1 is 1.14 bits per heavy atom. The number of ether oxygens (including phenoxy) is 1. The van der Waals surface area contributed by atoms with Crippen LogP contribution in [0, 0.1) is 10.1 Å². The van der Waals surface area contributed by atoms with E-state index in [9.17, 15) is 14.9 Å². The van der Waals surface area contributed by atoms with E-state index < -0.39 is 4.92 Å². The van der Waals surface area contributed by atoms with Crippen molar-refractivity contribution in [2.75, 3.05) is 5.32 Å². The van der Waals surface area contributed by atoms with Crippen molar-refractivity contribution in [2.24, 2.45) is 0 Å². The lowest BCUT2D eigenvalue weighted by atomic mass is 10.1. The smallest absolute Gasteiger partial charge is 0.269 e. The molecule has 1 N–H and O–H groups in total. The summed E-state index contributed by atoms with van der Waals surface area (Å²) in [6, 6.07) is 12.6. The summed E-state index contributed by atoms with van der Waals surface area (Å²) in [6.45, 7) is 3.76. The number of amides is 1. The molecule has 0 spiro atoms. The number of non-ortho nitro benzene ring substituents is 1. The Balaban J connectivity index is 2.17. The highest BCUT2D eigenvalue weighted by atomic mass is 16.6. The van der Waals surface area contributed by atoms with E-state index in [0.29, 0.717) is 17.0 Å². The fraction of sp³-hybridized carbons (Fsp3) is 0.188. The van der Waals surface area contributed by atoms with Gasteiger partial charge >= 0.3 is 0 Å². The summed E-state index contributed by atoms with van der Waals surface area (Å²) in [4.78, 5) is 22.4. The number of hydrogen-bond acceptors (Lipinski definition) is 4. The van der Waals surface area contributed by atoms with Gasteiger partial charge in [-0.3, -0.25) is 14.9 Å². The third-order valence-corrected chi connectivity index (χ3v) is 2.83. The quantitative estimate of drug-likeness (QED) is 0.675. The lowest BCUT2D eigenvalue weighted by Crippen LogP contribution is -2.15. The number of carbonyl (C=O) groups is 1. The molecule has 0 radical (unpaired) electrons. The molecule has 114 valence electrons. The predicted octanol–water partition coefficient (Wildman–Crippen LogP) is 3.63. The van der Waals surface area contributed by atoms with E-state index in [1.54, 1.807) is 24.3 Å². The van der Waals surface area contributed by atoms with Crippen LogP contribution in [-0.4, -0.2) is 16.9 Å². The van der Waals surface area contributed by atoms with Crippen LogP contribution in [0.25, 0.3) is 0 Å². The molecule has 0 aromatic heterocycles. The third-order valence-electron chi connectivity index (χ3n) is 2.83. The second kappa shape index (κ2) is 6.71. The average Bonchev–Trinajstić information content (AvgIpc) is 2.47. The van der Waals surface area contributed by atoms with Crippen LogP contribution in [0.1, 0.15) is 24.2 Å². The van der Waals surface area contributed by atoms with E-state index in [-0.39, 0.29) is 17.7 Å². The molecule has 0 fully saturated rings. The summed E-state index contributed by atoms with van der Waals surface area (Å²) in [5.41, 5.74) is 0.867. The summed E-state index contributed by atoms with van der Waals surface area (Å²) in [6.07, 6.45) is -0.0478. The molecule has 0 atom stereocenters. The Morgan fingerprint density at radius 3 is 2.36 bits per heavy atom. The summed E-state index contributed by atoms with van der Waals surface area (Å²) in [5.74, 6) is 0.169. The number of nitrogens with one attached hydrogen (secondary N) is 1. The zero-order valence-corrected chi connectivity index (χ0v) is 12.3. The van der Waals surface area contributed by atoms with Crippen LogP contribution in [-0.2, 0) is 0 Å². The highest BCUT2D eigenvalue weighted by molar-refractivity contribution is 6.06. The van der Waals surface area contributed by atoms with Crippen molar-refractivity contribution in [1.82, 2.24) is 0 Å². The maximum absolute atomic E-state index is 12.3. The van der Waals surface area contributed by atoms with Gasteiger partial charge in [0.2, 0.25) is 0 Å². The molecular formula is C16H16N2O4. The molecule has 6 nitrogen and oxygen atoms in total. The molecule has 0 aliphatic carbocycles. The SMILES string of the molecule is CC(C)Oc1ccccc1C(=O)Nc1ccc([N+](=O)[O-])cc1. The van der Waals surface area contributed by atoms with Crippen molar-refractivity contribution in [3.63, 3.8) is 0 Å². The van der Waals surface area contributed by atoms with Crippen molar-refractivity contribution in [2.45, 2.75) is 20.0 Å². The largest absolute Gasteiger partial charge is 0.490 e. The molecule has 0 saturated carbocycles. The van der Waals surface area contributed by atoms with Gasteiger partial charge in [0.15, 0.2) is 0 Å². The van der Waals surface area contributed by atoms with Crippen LogP contribution in [0.3, 0.4) is 0 Å². The van der Waals surface area contributed by atoms with E-state index >= 15 is 0 Å². The molecule has 2 rings (SSSR count). The Morgan fingerprint density at radius 2 is 1.77 bits per heavy atom. The fourth-order valence-electron chi connectivity index (χ4n) is 1.88. The Hall–Kier alpha value is -2.89. The first kappa shape index (κ1) is 15.5. The fourth-order valence-corrected chi connectivity index (χ4v) is 1.88. The number of rotatable bonds is 5. The van der Waals surface area contributed by atoms with Crippen LogP contribution in [0.15, 0.2) is 48.5 Å². The van der Waals surface area contributed by atoms with E-state index in [1.807, 2.05) is 13.8 Å². The zero-order valence-electron chi connectivity index (χ0n) is 12.3. The van der Waals surface area contributed by atoms with Crippen LogP contribution in [0.4, 0.5) is 11.4 Å². The number of nitro benzene ring substituents is 1. The first-order chi connectivity index (χ1) is 10.5. The molecule has 0 heterocycles. The van der Waals surface area contributed by atoms with Gasteiger partial charge in [-0.2, -0.15) is 0 Å². The standard InChI is InChI=1S/C16H16N2O4/c1-11(2)22-15-6-4-3-5-14(15)16(19)17-12-7-9-13(10-8-12)18(20)21/h3-11H,1-2H3,(H,17,19). The Labute approximate surface area is 127 Å². The molecule has 2 aromatic carbocycles. The van der Waals surface area contributed by atoms with Crippen LogP contribution >= 0.6 is 0 Å². The number of benzene rings is 2. The van der Waals surface area contributed by atoms with Gasteiger partial charge in [0.05, 0.1) is 16.6 Å². The normalized spacial score (nSPS) is 10.3. The molecular weight excluding hydrogens is 284 g/mol. The van der Waals surface area contributed by atoms with E-state index in [4.69, 9.17) is 4.74 Å². The monoisotopic (exact) mass is 300 g/mol. The summed E-state index contributed by atoms with van der Waals surface area (Å²) in [7, 11) is 0. The van der Waals surface area contributed by atoms with Crippen molar-refractivity contribution in [3.05, 3.63) is 64.2 Å². The summed E-state index contributed by atoms with van der Waals surface area (Å²) in [5, 5.41) is 13.3. The van der Waals surface area contributed by atoms with Crippen LogP contribution in [0.2, 0.25) is 0 Å². The lowest BCUT2D eigenvalue weighted by molar-refractivity contribution is -0.384. The predicted molar refractivity (Wildman–Crippen MR) is 83.3 cm³/mol. The maximum Gasteiger partial charge on any atom is 0.269 e. The first-order valence-electron chi connectivity index (χ1n) is 6.79. The minimum atomic E-state index is -0.489. The van der Waals surface area contributed by atoms with Crippen LogP contribution < -0.4 is 10.1 Å². The van der Waals surface area contributed by atoms with Gasteiger partial charge in [-0.25, -0.2) is 0 Å². The topological polar surface area (TPSA) is 81.5 Å². The van der Waals surface area contributed by atoms with Crippen LogP contribution in [0.5, 0.6) is 5.75 Å². The minimum absolute atomic E-state index is 0.0264. The van der Waals surface area contributed by atoms with E-state index in [2.05, 4.69) is 5.32 Å². The maximum atomic E-state index is 12.3. The van der Waals surface area contributed by atoms with E-state index in [1.165, 1.54) is 24.3 Å². The third kappa shape index (κ3) is 3.82. The summed E-state index contributed by atoms with van der Waals surface area (Å²) < 4.78 is 5.60. The van der Waals surface area contributed by atoms with Crippen molar-refractivity contribution < 1.29 is 14.5 Å². The van der Waals surface area contributed by atoms with Gasteiger partial charge in [0.1, 0.15) is 5.75 Å². The summed E-state index contributed by atoms with van der Waals surface area (Å²) >= 11 is 0.